The van der Waals surface area contributed by atoms with E-state index in [1.807, 2.05) is 24.0 Å². The van der Waals surface area contributed by atoms with Crippen LogP contribution in [0.15, 0.2) is 21.1 Å². The second-order valence-electron chi connectivity index (χ2n) is 5.06. The van der Waals surface area contributed by atoms with Gasteiger partial charge in [0, 0.05) is 22.0 Å². The Labute approximate surface area is 140 Å². The van der Waals surface area contributed by atoms with Crippen molar-refractivity contribution in [3.8, 4) is 0 Å². The van der Waals surface area contributed by atoms with E-state index >= 15 is 0 Å². The third kappa shape index (κ3) is 4.75. The van der Waals surface area contributed by atoms with Gasteiger partial charge in [0.2, 0.25) is 5.91 Å². The second-order valence-corrected chi connectivity index (χ2v) is 6.77. The van der Waals surface area contributed by atoms with Gasteiger partial charge in [-0.25, -0.2) is 0 Å². The molecule has 1 aliphatic rings. The van der Waals surface area contributed by atoms with Crippen LogP contribution in [-0.2, 0) is 9.53 Å². The molecule has 1 unspecified atom stereocenters. The number of hydrogen-bond acceptors (Lipinski definition) is 4. The zero-order chi connectivity index (χ0) is 15.4. The molecule has 2 rings (SSSR count). The summed E-state index contributed by atoms with van der Waals surface area (Å²) in [6.45, 7) is 4.06. The van der Waals surface area contributed by atoms with E-state index in [9.17, 15) is 4.79 Å². The molecule has 2 N–H and O–H groups in total. The average molecular weight is 422 g/mol. The van der Waals surface area contributed by atoms with Crippen LogP contribution in [0.1, 0.15) is 5.56 Å². The van der Waals surface area contributed by atoms with Gasteiger partial charge < -0.3 is 15.2 Å². The number of anilines is 1. The Balaban J connectivity index is 1.96. The lowest BCUT2D eigenvalue weighted by Gasteiger charge is -2.31. The van der Waals surface area contributed by atoms with E-state index in [1.165, 1.54) is 0 Å². The number of rotatable bonds is 4. The van der Waals surface area contributed by atoms with Gasteiger partial charge in [0.05, 0.1) is 31.5 Å². The lowest BCUT2D eigenvalue weighted by Crippen LogP contribution is -2.46. The fraction of sp³-hybridized carbons (Fsp3) is 0.500. The fourth-order valence-electron chi connectivity index (χ4n) is 2.24. The number of nitrogens with one attached hydrogen (secondary N) is 1. The van der Waals surface area contributed by atoms with Gasteiger partial charge in [-0.2, -0.15) is 0 Å². The molecule has 21 heavy (non-hydrogen) atoms. The lowest BCUT2D eigenvalue weighted by atomic mass is 10.2. The molecule has 1 amide bonds. The summed E-state index contributed by atoms with van der Waals surface area (Å²) in [5.41, 5.74) is 1.84. The average Bonchev–Trinajstić information content (AvgIpc) is 2.43. The Morgan fingerprint density at radius 1 is 1.48 bits per heavy atom. The predicted octanol–water partition coefficient (Wildman–Crippen LogP) is 2.15. The number of amides is 1. The Hall–Kier alpha value is -0.470. The Morgan fingerprint density at radius 3 is 2.76 bits per heavy atom. The summed E-state index contributed by atoms with van der Waals surface area (Å²) in [6, 6.07) is 3.91. The van der Waals surface area contributed by atoms with E-state index in [0.29, 0.717) is 19.7 Å². The minimum atomic E-state index is -0.204. The summed E-state index contributed by atoms with van der Waals surface area (Å²) in [6.07, 6.45) is -0.204. The number of carbonyl (C=O) groups excluding carboxylic acids is 1. The van der Waals surface area contributed by atoms with E-state index < -0.39 is 0 Å². The van der Waals surface area contributed by atoms with Crippen LogP contribution in [0.2, 0.25) is 0 Å². The highest BCUT2D eigenvalue weighted by Crippen LogP contribution is 2.32. The first-order valence-electron chi connectivity index (χ1n) is 6.70. The van der Waals surface area contributed by atoms with Gasteiger partial charge in [-0.15, -0.1) is 0 Å². The van der Waals surface area contributed by atoms with Gasteiger partial charge in [-0.1, -0.05) is 0 Å². The first-order chi connectivity index (χ1) is 9.99. The molecule has 1 aliphatic heterocycles. The van der Waals surface area contributed by atoms with Crippen molar-refractivity contribution in [3.05, 3.63) is 26.6 Å². The van der Waals surface area contributed by atoms with Gasteiger partial charge in [-0.3, -0.25) is 9.69 Å². The van der Waals surface area contributed by atoms with Crippen molar-refractivity contribution in [2.45, 2.75) is 13.0 Å². The number of nitrogens with zero attached hydrogens (tertiary/aromatic N) is 1. The molecule has 1 fully saturated rings. The summed E-state index contributed by atoms with van der Waals surface area (Å²) in [7, 11) is 0. The summed E-state index contributed by atoms with van der Waals surface area (Å²) >= 11 is 6.92. The van der Waals surface area contributed by atoms with Crippen LogP contribution in [0.4, 0.5) is 5.69 Å². The van der Waals surface area contributed by atoms with E-state index in [4.69, 9.17) is 9.84 Å². The molecule has 1 atom stereocenters. The number of benzene rings is 1. The smallest absolute Gasteiger partial charge is 0.238 e. The molecule has 0 aromatic heterocycles. The third-order valence-electron chi connectivity index (χ3n) is 3.24. The van der Waals surface area contributed by atoms with Crippen LogP contribution >= 0.6 is 31.9 Å². The minimum absolute atomic E-state index is 0.0207. The third-order valence-corrected chi connectivity index (χ3v) is 4.50. The molecule has 0 aliphatic carbocycles. The zero-order valence-corrected chi connectivity index (χ0v) is 14.9. The molecule has 5 nitrogen and oxygen atoms in total. The monoisotopic (exact) mass is 420 g/mol. The van der Waals surface area contributed by atoms with Gasteiger partial charge in [-0.05, 0) is 56.5 Å². The SMILES string of the molecule is Cc1cc(Br)c(NC(=O)CN2CCOC(CO)C2)c(Br)c1. The molecular weight excluding hydrogens is 404 g/mol. The van der Waals surface area contributed by atoms with Crippen LogP contribution in [-0.4, -0.2) is 54.9 Å². The number of aliphatic hydroxyl groups excluding tert-OH is 1. The maximum Gasteiger partial charge on any atom is 0.238 e. The molecule has 1 aromatic rings. The Kier molecular flexibility index (Phi) is 6.19. The second kappa shape index (κ2) is 7.69. The minimum Gasteiger partial charge on any atom is -0.394 e. The first-order valence-corrected chi connectivity index (χ1v) is 8.28. The number of aryl methyl sites for hydroxylation is 1. The molecule has 1 heterocycles. The predicted molar refractivity (Wildman–Crippen MR) is 88.5 cm³/mol. The topological polar surface area (TPSA) is 61.8 Å². The largest absolute Gasteiger partial charge is 0.394 e. The van der Waals surface area contributed by atoms with Gasteiger partial charge in [0.1, 0.15) is 0 Å². The fourth-order valence-corrected chi connectivity index (χ4v) is 3.85. The van der Waals surface area contributed by atoms with Crippen LogP contribution in [0.25, 0.3) is 0 Å². The molecule has 116 valence electrons. The molecule has 1 aromatic carbocycles. The van der Waals surface area contributed by atoms with Crippen molar-refractivity contribution in [2.24, 2.45) is 0 Å². The number of carbonyl (C=O) groups is 1. The van der Waals surface area contributed by atoms with Gasteiger partial charge >= 0.3 is 0 Å². The highest BCUT2D eigenvalue weighted by Gasteiger charge is 2.22. The first kappa shape index (κ1) is 16.9. The van der Waals surface area contributed by atoms with Crippen molar-refractivity contribution in [3.63, 3.8) is 0 Å². The van der Waals surface area contributed by atoms with E-state index in [0.717, 1.165) is 20.2 Å². The van der Waals surface area contributed by atoms with Gasteiger partial charge in [0.15, 0.2) is 0 Å². The number of hydrogen-bond donors (Lipinski definition) is 2. The normalized spacial score (nSPS) is 19.5. The number of ether oxygens (including phenoxy) is 1. The quantitative estimate of drug-likeness (QED) is 0.781. The van der Waals surface area contributed by atoms with Crippen molar-refractivity contribution >= 4 is 43.5 Å². The van der Waals surface area contributed by atoms with Crippen LogP contribution in [0, 0.1) is 6.92 Å². The van der Waals surface area contributed by atoms with Crippen molar-refractivity contribution in [2.75, 3.05) is 38.2 Å². The number of aliphatic hydroxyl groups is 1. The summed E-state index contributed by atoms with van der Waals surface area (Å²) in [4.78, 5) is 14.1. The van der Waals surface area contributed by atoms with Crippen molar-refractivity contribution in [1.82, 2.24) is 4.90 Å². The Morgan fingerprint density at radius 2 is 2.14 bits per heavy atom. The lowest BCUT2D eigenvalue weighted by molar-refractivity contribution is -0.120. The standard InChI is InChI=1S/C14H18Br2N2O3/c1-9-4-11(15)14(12(16)5-9)17-13(20)7-18-2-3-21-10(6-18)8-19/h4-5,10,19H,2-3,6-8H2,1H3,(H,17,20). The van der Waals surface area contributed by atoms with Crippen molar-refractivity contribution in [1.29, 1.82) is 0 Å². The number of morpholine rings is 1. The number of halogens is 2. The van der Waals surface area contributed by atoms with Crippen LogP contribution < -0.4 is 5.32 Å². The van der Waals surface area contributed by atoms with E-state index in [1.54, 1.807) is 0 Å². The maximum atomic E-state index is 12.2. The highest BCUT2D eigenvalue weighted by atomic mass is 79.9. The molecule has 0 spiro atoms. The zero-order valence-electron chi connectivity index (χ0n) is 11.7. The van der Waals surface area contributed by atoms with Crippen molar-refractivity contribution < 1.29 is 14.6 Å². The highest BCUT2D eigenvalue weighted by molar-refractivity contribution is 9.11. The van der Waals surface area contributed by atoms with Crippen LogP contribution in [0.5, 0.6) is 0 Å². The molecule has 0 bridgehead atoms. The van der Waals surface area contributed by atoms with Gasteiger partial charge in [0.25, 0.3) is 0 Å². The summed E-state index contributed by atoms with van der Waals surface area (Å²) in [5, 5.41) is 12.0. The van der Waals surface area contributed by atoms with E-state index in [-0.39, 0.29) is 25.2 Å². The summed E-state index contributed by atoms with van der Waals surface area (Å²) < 4.78 is 7.06. The molecular formula is C14H18Br2N2O3. The molecule has 0 saturated carbocycles. The molecule has 1 saturated heterocycles. The maximum absolute atomic E-state index is 12.2. The molecule has 0 radical (unpaired) electrons. The summed E-state index contributed by atoms with van der Waals surface area (Å²) in [5.74, 6) is -0.0844. The molecule has 7 heteroatoms. The van der Waals surface area contributed by atoms with E-state index in [2.05, 4.69) is 37.2 Å². The Bertz CT molecular complexity index is 502. The van der Waals surface area contributed by atoms with Crippen LogP contribution in [0.3, 0.4) is 0 Å².